The van der Waals surface area contributed by atoms with Gasteiger partial charge >= 0.3 is 0 Å². The van der Waals surface area contributed by atoms with Crippen LogP contribution in [0.1, 0.15) is 20.3 Å². The average Bonchev–Trinajstić information content (AvgIpc) is 2.68. The van der Waals surface area contributed by atoms with Crippen molar-refractivity contribution in [1.29, 1.82) is 0 Å². The lowest BCUT2D eigenvalue weighted by molar-refractivity contribution is -0.131. The fourth-order valence-electron chi connectivity index (χ4n) is 2.03. The van der Waals surface area contributed by atoms with Crippen molar-refractivity contribution in [1.82, 2.24) is 9.62 Å². The van der Waals surface area contributed by atoms with Crippen LogP contribution in [0.5, 0.6) is 0 Å². The summed E-state index contributed by atoms with van der Waals surface area (Å²) < 4.78 is 47.5. The lowest BCUT2D eigenvalue weighted by Gasteiger charge is -2.26. The van der Waals surface area contributed by atoms with Crippen LogP contribution in [0.3, 0.4) is 0 Å². The van der Waals surface area contributed by atoms with Crippen molar-refractivity contribution < 1.29 is 21.6 Å². The summed E-state index contributed by atoms with van der Waals surface area (Å²) >= 11 is 0. The summed E-state index contributed by atoms with van der Waals surface area (Å²) in [7, 11) is -6.48. The Hall–Kier alpha value is -0.670. The van der Waals surface area contributed by atoms with Crippen molar-refractivity contribution in [3.63, 3.8) is 0 Å². The first-order valence-electron chi connectivity index (χ1n) is 6.18. The largest absolute Gasteiger partial charge is 0.338 e. The fraction of sp³-hybridized carbons (Fsp3) is 0.900. The van der Waals surface area contributed by atoms with Crippen LogP contribution in [0.2, 0.25) is 0 Å². The molecule has 0 aliphatic carbocycles. The Morgan fingerprint density at radius 3 is 2.42 bits per heavy atom. The van der Waals surface area contributed by atoms with Gasteiger partial charge in [0, 0.05) is 12.6 Å². The van der Waals surface area contributed by atoms with E-state index in [1.54, 1.807) is 6.92 Å². The van der Waals surface area contributed by atoms with Crippen LogP contribution < -0.4 is 4.72 Å². The third kappa shape index (κ3) is 4.73. The van der Waals surface area contributed by atoms with Gasteiger partial charge in [0.05, 0.1) is 23.8 Å². The van der Waals surface area contributed by atoms with Gasteiger partial charge in [0.2, 0.25) is 15.9 Å². The van der Waals surface area contributed by atoms with E-state index in [0.717, 1.165) is 0 Å². The van der Waals surface area contributed by atoms with Gasteiger partial charge in [-0.05, 0) is 20.3 Å². The Morgan fingerprint density at radius 2 is 2.00 bits per heavy atom. The quantitative estimate of drug-likeness (QED) is 0.675. The SMILES string of the molecule is CCN(C(=O)CNS(=O)(=O)CC)C1CCS(=O)(=O)C1. The van der Waals surface area contributed by atoms with Gasteiger partial charge in [-0.2, -0.15) is 0 Å². The van der Waals surface area contributed by atoms with Gasteiger partial charge in [0.1, 0.15) is 0 Å². The third-order valence-corrected chi connectivity index (χ3v) is 6.23. The van der Waals surface area contributed by atoms with E-state index in [4.69, 9.17) is 0 Å². The fourth-order valence-corrected chi connectivity index (χ4v) is 4.31. The lowest BCUT2D eigenvalue weighted by atomic mass is 10.2. The number of nitrogens with one attached hydrogen (secondary N) is 1. The number of sulfone groups is 1. The van der Waals surface area contributed by atoms with Gasteiger partial charge < -0.3 is 4.90 Å². The van der Waals surface area contributed by atoms with Gasteiger partial charge in [-0.25, -0.2) is 21.6 Å². The Labute approximate surface area is 114 Å². The molecule has 1 aliphatic rings. The van der Waals surface area contributed by atoms with Gasteiger partial charge in [0.25, 0.3) is 0 Å². The molecule has 0 spiro atoms. The van der Waals surface area contributed by atoms with Gasteiger partial charge in [0.15, 0.2) is 9.84 Å². The molecule has 1 atom stereocenters. The van der Waals surface area contributed by atoms with Crippen molar-refractivity contribution >= 4 is 25.8 Å². The lowest BCUT2D eigenvalue weighted by Crippen LogP contribution is -2.46. The molecule has 0 radical (unpaired) electrons. The van der Waals surface area contributed by atoms with Gasteiger partial charge in [-0.1, -0.05) is 0 Å². The van der Waals surface area contributed by atoms with E-state index < -0.39 is 19.9 Å². The van der Waals surface area contributed by atoms with Crippen LogP contribution in [0.15, 0.2) is 0 Å². The number of carbonyl (C=O) groups is 1. The number of sulfonamides is 1. The van der Waals surface area contributed by atoms with Crippen LogP contribution in [-0.4, -0.2) is 64.0 Å². The van der Waals surface area contributed by atoms with Crippen molar-refractivity contribution in [2.24, 2.45) is 0 Å². The van der Waals surface area contributed by atoms with Crippen LogP contribution in [0.25, 0.3) is 0 Å². The molecule has 1 rings (SSSR count). The summed E-state index contributed by atoms with van der Waals surface area (Å²) in [6, 6.07) is -0.339. The van der Waals surface area contributed by atoms with Crippen LogP contribution in [-0.2, 0) is 24.7 Å². The number of hydrogen-bond acceptors (Lipinski definition) is 5. The minimum absolute atomic E-state index is 0.0346. The Kier molecular flexibility index (Phi) is 5.34. The van der Waals surface area contributed by atoms with E-state index in [-0.39, 0.29) is 35.8 Å². The number of likely N-dealkylation sites (N-methyl/N-ethyl adjacent to an activating group) is 1. The minimum atomic E-state index is -3.42. The second-order valence-corrected chi connectivity index (χ2v) is 8.79. The molecule has 0 aromatic rings. The molecule has 19 heavy (non-hydrogen) atoms. The summed E-state index contributed by atoms with van der Waals surface area (Å²) in [5.41, 5.74) is 0. The molecule has 0 saturated carbocycles. The maximum Gasteiger partial charge on any atom is 0.237 e. The van der Waals surface area contributed by atoms with E-state index in [2.05, 4.69) is 4.72 Å². The monoisotopic (exact) mass is 312 g/mol. The van der Waals surface area contributed by atoms with Crippen LogP contribution in [0, 0.1) is 0 Å². The van der Waals surface area contributed by atoms with E-state index in [9.17, 15) is 21.6 Å². The zero-order chi connectivity index (χ0) is 14.7. The molecule has 112 valence electrons. The molecule has 9 heteroatoms. The first-order chi connectivity index (χ1) is 8.71. The van der Waals surface area contributed by atoms with Gasteiger partial charge in [-0.3, -0.25) is 4.79 Å². The average molecular weight is 312 g/mol. The Balaban J connectivity index is 2.63. The van der Waals surface area contributed by atoms with Crippen molar-refractivity contribution in [3.05, 3.63) is 0 Å². The standard InChI is InChI=1S/C10H20N2O5S2/c1-3-12(9-5-6-18(14,15)8-9)10(13)7-11-19(16,17)4-2/h9,11H,3-8H2,1-2H3. The molecule has 1 heterocycles. The Morgan fingerprint density at radius 1 is 1.37 bits per heavy atom. The molecular weight excluding hydrogens is 292 g/mol. The number of rotatable bonds is 6. The van der Waals surface area contributed by atoms with Crippen LogP contribution in [0.4, 0.5) is 0 Å². The second kappa shape index (κ2) is 6.19. The molecule has 1 fully saturated rings. The molecule has 0 aromatic heterocycles. The number of carbonyl (C=O) groups excluding carboxylic acids is 1. The highest BCUT2D eigenvalue weighted by Crippen LogP contribution is 2.17. The van der Waals surface area contributed by atoms with E-state index in [1.807, 2.05) is 0 Å². The third-order valence-electron chi connectivity index (χ3n) is 3.13. The van der Waals surface area contributed by atoms with Crippen molar-refractivity contribution in [2.75, 3.05) is 30.3 Å². The molecule has 7 nitrogen and oxygen atoms in total. The molecule has 1 unspecified atom stereocenters. The number of amides is 1. The maximum atomic E-state index is 11.9. The molecule has 0 aromatic carbocycles. The van der Waals surface area contributed by atoms with E-state index in [0.29, 0.717) is 13.0 Å². The summed E-state index contributed by atoms with van der Waals surface area (Å²) in [5.74, 6) is -0.430. The first kappa shape index (κ1) is 16.4. The summed E-state index contributed by atoms with van der Waals surface area (Å²) in [4.78, 5) is 13.4. The summed E-state index contributed by atoms with van der Waals surface area (Å²) in [5, 5.41) is 0. The second-order valence-electron chi connectivity index (χ2n) is 4.46. The Bertz CT molecular complexity index is 526. The zero-order valence-electron chi connectivity index (χ0n) is 11.1. The van der Waals surface area contributed by atoms with Crippen molar-refractivity contribution in [2.45, 2.75) is 26.3 Å². The van der Waals surface area contributed by atoms with Crippen molar-refractivity contribution in [3.8, 4) is 0 Å². The highest BCUT2D eigenvalue weighted by atomic mass is 32.2. The number of hydrogen-bond donors (Lipinski definition) is 1. The molecule has 1 aliphatic heterocycles. The maximum absolute atomic E-state index is 11.9. The van der Waals surface area contributed by atoms with E-state index in [1.165, 1.54) is 11.8 Å². The summed E-state index contributed by atoms with van der Waals surface area (Å²) in [6.45, 7) is 3.28. The van der Waals surface area contributed by atoms with Gasteiger partial charge in [-0.15, -0.1) is 0 Å². The first-order valence-corrected chi connectivity index (χ1v) is 9.65. The molecular formula is C10H20N2O5S2. The summed E-state index contributed by atoms with van der Waals surface area (Å²) in [6.07, 6.45) is 0.419. The predicted molar refractivity (Wildman–Crippen MR) is 71.9 cm³/mol. The molecule has 0 bridgehead atoms. The van der Waals surface area contributed by atoms with Crippen LogP contribution >= 0.6 is 0 Å². The predicted octanol–water partition coefficient (Wildman–Crippen LogP) is -1.04. The topological polar surface area (TPSA) is 101 Å². The van der Waals surface area contributed by atoms with E-state index >= 15 is 0 Å². The molecule has 1 amide bonds. The molecule has 1 N–H and O–H groups in total. The minimum Gasteiger partial charge on any atom is -0.338 e. The number of nitrogens with zero attached hydrogens (tertiary/aromatic N) is 1. The molecule has 1 saturated heterocycles. The highest BCUT2D eigenvalue weighted by Gasteiger charge is 2.33. The normalized spacial score (nSPS) is 22.3. The zero-order valence-corrected chi connectivity index (χ0v) is 12.8. The smallest absolute Gasteiger partial charge is 0.237 e. The highest BCUT2D eigenvalue weighted by molar-refractivity contribution is 7.91.